The first kappa shape index (κ1) is 16.5. The Hall–Kier alpha value is -0.950. The number of esters is 1. The number of hydrogen-bond acceptors (Lipinski definition) is 5. The fourth-order valence-electron chi connectivity index (χ4n) is 4.61. The maximum Gasteiger partial charge on any atom is 0.338 e. The first-order valence-electron chi connectivity index (χ1n) is 8.31. The quantitative estimate of drug-likeness (QED) is 0.578. The van der Waals surface area contributed by atoms with Crippen LogP contribution in [0.4, 0.5) is 0 Å². The summed E-state index contributed by atoms with van der Waals surface area (Å²) in [7, 11) is 1.42. The first-order chi connectivity index (χ1) is 11.6. The summed E-state index contributed by atoms with van der Waals surface area (Å²) in [5.41, 5.74) is 0.00354. The number of carbonyl (C=O) groups excluding carboxylic acids is 1. The van der Waals surface area contributed by atoms with Gasteiger partial charge >= 0.3 is 5.97 Å². The molecule has 1 spiro atoms. The number of halogens is 1. The molecule has 0 amide bonds. The molecule has 1 heterocycles. The second-order valence-corrected chi connectivity index (χ2v) is 7.86. The number of fused-ring (bicyclic) bond motifs is 3. The van der Waals surface area contributed by atoms with Crippen molar-refractivity contribution in [1.82, 2.24) is 0 Å². The van der Waals surface area contributed by atoms with E-state index in [0.29, 0.717) is 26.2 Å². The monoisotopic (exact) mass is 396 g/mol. The molecule has 3 fully saturated rings. The second-order valence-electron chi connectivity index (χ2n) is 6.68. The molecule has 4 atom stereocenters. The van der Waals surface area contributed by atoms with Crippen molar-refractivity contribution < 1.29 is 23.7 Å². The Balaban J connectivity index is 1.67. The van der Waals surface area contributed by atoms with E-state index >= 15 is 0 Å². The average molecular weight is 397 g/mol. The van der Waals surface area contributed by atoms with Crippen molar-refractivity contribution in [2.24, 2.45) is 11.8 Å². The number of rotatable bonds is 4. The molecule has 4 rings (SSSR count). The van der Waals surface area contributed by atoms with Crippen LogP contribution in [0.3, 0.4) is 0 Å². The lowest BCUT2D eigenvalue weighted by Crippen LogP contribution is -2.51. The molecule has 2 aliphatic carbocycles. The van der Waals surface area contributed by atoms with Gasteiger partial charge in [-0.05, 0) is 12.0 Å². The minimum Gasteiger partial charge on any atom is -0.467 e. The van der Waals surface area contributed by atoms with Crippen LogP contribution in [0.2, 0.25) is 0 Å². The highest BCUT2D eigenvalue weighted by Crippen LogP contribution is 2.63. The summed E-state index contributed by atoms with van der Waals surface area (Å²) in [5.74, 6) is -1.24. The molecular formula is C18H21BrO5. The van der Waals surface area contributed by atoms with Crippen LogP contribution in [0.15, 0.2) is 30.3 Å². The number of alkyl halides is 1. The maximum absolute atomic E-state index is 12.8. The van der Waals surface area contributed by atoms with Crippen molar-refractivity contribution >= 4 is 21.9 Å². The van der Waals surface area contributed by atoms with Gasteiger partial charge in [0.1, 0.15) is 0 Å². The van der Waals surface area contributed by atoms with Crippen molar-refractivity contribution in [1.29, 1.82) is 0 Å². The van der Waals surface area contributed by atoms with E-state index in [1.54, 1.807) is 0 Å². The van der Waals surface area contributed by atoms with Crippen molar-refractivity contribution in [3.8, 4) is 0 Å². The molecule has 0 radical (unpaired) electrons. The van der Waals surface area contributed by atoms with Crippen LogP contribution in [-0.2, 0) is 30.3 Å². The Morgan fingerprint density at radius 1 is 1.29 bits per heavy atom. The maximum atomic E-state index is 12.8. The molecule has 2 bridgehead atoms. The molecule has 1 saturated heterocycles. The Morgan fingerprint density at radius 2 is 2.00 bits per heavy atom. The van der Waals surface area contributed by atoms with E-state index in [0.717, 1.165) is 12.0 Å². The Labute approximate surface area is 149 Å². The topological polar surface area (TPSA) is 54.0 Å². The van der Waals surface area contributed by atoms with E-state index in [9.17, 15) is 4.79 Å². The lowest BCUT2D eigenvalue weighted by atomic mass is 9.89. The lowest BCUT2D eigenvalue weighted by Gasteiger charge is -2.35. The SMILES string of the molecule is COC(=O)C1(OCc2ccccc2)[C@H]2CC3(OCCO3)[C@@H]1C[C@H]2Br. The van der Waals surface area contributed by atoms with Crippen LogP contribution in [0.5, 0.6) is 0 Å². The van der Waals surface area contributed by atoms with Gasteiger partial charge in [-0.15, -0.1) is 0 Å². The third-order valence-electron chi connectivity index (χ3n) is 5.60. The normalized spacial score (nSPS) is 36.3. The van der Waals surface area contributed by atoms with Gasteiger partial charge in [0, 0.05) is 17.2 Å². The van der Waals surface area contributed by atoms with Gasteiger partial charge in [-0.25, -0.2) is 4.79 Å². The fourth-order valence-corrected chi connectivity index (χ4v) is 5.57. The van der Waals surface area contributed by atoms with Gasteiger partial charge < -0.3 is 18.9 Å². The molecule has 5 nitrogen and oxygen atoms in total. The molecule has 0 N–H and O–H groups in total. The molecule has 2 saturated carbocycles. The van der Waals surface area contributed by atoms with Gasteiger partial charge in [0.05, 0.1) is 32.8 Å². The minimum absolute atomic E-state index is 0.0308. The Morgan fingerprint density at radius 3 is 2.67 bits per heavy atom. The molecule has 1 aromatic carbocycles. The number of ether oxygens (including phenoxy) is 4. The third kappa shape index (κ3) is 2.27. The number of benzene rings is 1. The van der Waals surface area contributed by atoms with Gasteiger partial charge in [0.25, 0.3) is 0 Å². The Bertz CT molecular complexity index is 615. The summed E-state index contributed by atoms with van der Waals surface area (Å²) in [6.45, 7) is 1.48. The molecule has 6 heteroatoms. The zero-order valence-electron chi connectivity index (χ0n) is 13.6. The number of methoxy groups -OCH3 is 1. The van der Waals surface area contributed by atoms with Gasteiger partial charge in [-0.3, -0.25) is 0 Å². The highest BCUT2D eigenvalue weighted by atomic mass is 79.9. The molecule has 1 aromatic rings. The number of carbonyl (C=O) groups is 1. The van der Waals surface area contributed by atoms with E-state index in [1.807, 2.05) is 30.3 Å². The third-order valence-corrected chi connectivity index (χ3v) is 6.61. The zero-order valence-corrected chi connectivity index (χ0v) is 15.2. The second kappa shape index (κ2) is 6.09. The summed E-state index contributed by atoms with van der Waals surface area (Å²) in [5, 5.41) is 0. The van der Waals surface area contributed by atoms with E-state index in [-0.39, 0.29) is 22.6 Å². The molecule has 1 aliphatic heterocycles. The smallest absolute Gasteiger partial charge is 0.338 e. The van der Waals surface area contributed by atoms with E-state index in [2.05, 4.69) is 15.9 Å². The van der Waals surface area contributed by atoms with E-state index in [4.69, 9.17) is 18.9 Å². The van der Waals surface area contributed by atoms with Crippen LogP contribution < -0.4 is 0 Å². The van der Waals surface area contributed by atoms with Crippen molar-refractivity contribution in [2.45, 2.75) is 35.7 Å². The summed E-state index contributed by atoms with van der Waals surface area (Å²) in [4.78, 5) is 13.0. The summed E-state index contributed by atoms with van der Waals surface area (Å²) in [6.07, 6.45) is 1.42. The minimum atomic E-state index is -1.02. The molecule has 1 unspecified atom stereocenters. The first-order valence-corrected chi connectivity index (χ1v) is 9.22. The predicted molar refractivity (Wildman–Crippen MR) is 89.5 cm³/mol. The van der Waals surface area contributed by atoms with Gasteiger partial charge in [-0.1, -0.05) is 46.3 Å². The predicted octanol–water partition coefficient (Wildman–Crippen LogP) is 2.66. The fraction of sp³-hybridized carbons (Fsp3) is 0.611. The summed E-state index contributed by atoms with van der Waals surface area (Å²) in [6, 6.07) is 9.87. The summed E-state index contributed by atoms with van der Waals surface area (Å²) < 4.78 is 23.4. The van der Waals surface area contributed by atoms with Crippen LogP contribution in [0.25, 0.3) is 0 Å². The van der Waals surface area contributed by atoms with Gasteiger partial charge in [-0.2, -0.15) is 0 Å². The van der Waals surface area contributed by atoms with Crippen LogP contribution in [-0.4, -0.2) is 42.5 Å². The molecular weight excluding hydrogens is 376 g/mol. The molecule has 0 aromatic heterocycles. The highest BCUT2D eigenvalue weighted by Gasteiger charge is 2.75. The van der Waals surface area contributed by atoms with E-state index < -0.39 is 11.4 Å². The van der Waals surface area contributed by atoms with Crippen LogP contribution in [0, 0.1) is 11.8 Å². The largest absolute Gasteiger partial charge is 0.467 e. The molecule has 130 valence electrons. The van der Waals surface area contributed by atoms with Crippen molar-refractivity contribution in [3.63, 3.8) is 0 Å². The molecule has 3 aliphatic rings. The van der Waals surface area contributed by atoms with Gasteiger partial charge in [0.2, 0.25) is 0 Å². The standard InChI is InChI=1S/C18H21BrO5/c1-21-16(20)18(24-11-12-5-3-2-4-6-12)13-10-17(22-7-8-23-17)15(18)9-14(13)19/h2-6,13-15H,7-11H2,1H3/t13-,14+,15-,18?/m0/s1. The molecule has 24 heavy (non-hydrogen) atoms. The van der Waals surface area contributed by atoms with Crippen LogP contribution >= 0.6 is 15.9 Å². The van der Waals surface area contributed by atoms with Gasteiger partial charge in [0.15, 0.2) is 11.4 Å². The highest BCUT2D eigenvalue weighted by molar-refractivity contribution is 9.09. The van der Waals surface area contributed by atoms with Crippen molar-refractivity contribution in [3.05, 3.63) is 35.9 Å². The average Bonchev–Trinajstić information content (AvgIpc) is 3.26. The Kier molecular flexibility index (Phi) is 4.19. The van der Waals surface area contributed by atoms with Crippen molar-refractivity contribution in [2.75, 3.05) is 20.3 Å². The van der Waals surface area contributed by atoms with Crippen LogP contribution in [0.1, 0.15) is 18.4 Å². The van der Waals surface area contributed by atoms with E-state index in [1.165, 1.54) is 7.11 Å². The zero-order chi connectivity index (χ0) is 16.8. The lowest BCUT2D eigenvalue weighted by molar-refractivity contribution is -0.219. The number of hydrogen-bond donors (Lipinski definition) is 0. The summed E-state index contributed by atoms with van der Waals surface area (Å²) >= 11 is 3.73.